The lowest BCUT2D eigenvalue weighted by Gasteiger charge is -2.45. The molecule has 1 N–H and O–H groups in total. The molecule has 2 aromatic rings. The van der Waals surface area contributed by atoms with E-state index in [4.69, 9.17) is 4.42 Å². The molecule has 2 saturated heterocycles. The summed E-state index contributed by atoms with van der Waals surface area (Å²) in [6, 6.07) is 12.3. The van der Waals surface area contributed by atoms with Gasteiger partial charge in [-0.15, -0.1) is 0 Å². The van der Waals surface area contributed by atoms with Crippen molar-refractivity contribution >= 4 is 11.9 Å². The Morgan fingerprint density at radius 3 is 2.64 bits per heavy atom. The fourth-order valence-electron chi connectivity index (χ4n) is 4.75. The van der Waals surface area contributed by atoms with Crippen molar-refractivity contribution in [3.05, 3.63) is 47.7 Å². The number of hydrogen-bond acceptors (Lipinski definition) is 4. The number of hydrogen-bond donors (Lipinski definition) is 1. The Bertz CT molecular complexity index is 895. The van der Waals surface area contributed by atoms with Gasteiger partial charge >= 0.3 is 5.97 Å². The van der Waals surface area contributed by atoms with Gasteiger partial charge in [0.05, 0.1) is 11.5 Å². The predicted molar refractivity (Wildman–Crippen MR) is 105 cm³/mol. The fraction of sp³-hybridized carbons (Fsp3) is 0.455. The van der Waals surface area contributed by atoms with E-state index < -0.39 is 17.4 Å². The highest BCUT2D eigenvalue weighted by Gasteiger charge is 2.55. The van der Waals surface area contributed by atoms with Crippen LogP contribution in [0.4, 0.5) is 0 Å². The quantitative estimate of drug-likeness (QED) is 0.879. The van der Waals surface area contributed by atoms with Gasteiger partial charge in [0, 0.05) is 38.7 Å². The Hall–Kier alpha value is -2.60. The largest absolute Gasteiger partial charge is 0.481 e. The third-order valence-electron chi connectivity index (χ3n) is 6.45. The number of rotatable bonds is 4. The highest BCUT2D eigenvalue weighted by atomic mass is 16.4. The Balaban J connectivity index is 1.45. The molecule has 0 radical (unpaired) electrons. The second-order valence-corrected chi connectivity index (χ2v) is 8.04. The van der Waals surface area contributed by atoms with E-state index in [-0.39, 0.29) is 12.3 Å². The first kappa shape index (κ1) is 18.7. The molecule has 0 saturated carbocycles. The van der Waals surface area contributed by atoms with E-state index in [1.54, 1.807) is 11.9 Å². The van der Waals surface area contributed by atoms with Gasteiger partial charge in [-0.3, -0.25) is 14.5 Å². The number of carbonyl (C=O) groups excluding carboxylic acids is 1. The summed E-state index contributed by atoms with van der Waals surface area (Å²) in [5.74, 6) is 0.254. The number of nitrogens with zero attached hydrogens (tertiary/aromatic N) is 2. The first-order chi connectivity index (χ1) is 13.4. The zero-order valence-corrected chi connectivity index (χ0v) is 16.4. The van der Waals surface area contributed by atoms with Crippen LogP contribution in [0.2, 0.25) is 0 Å². The number of benzene rings is 1. The van der Waals surface area contributed by atoms with Gasteiger partial charge in [-0.25, -0.2) is 0 Å². The van der Waals surface area contributed by atoms with Crippen molar-refractivity contribution in [2.24, 2.45) is 5.92 Å². The fourth-order valence-corrected chi connectivity index (χ4v) is 4.75. The van der Waals surface area contributed by atoms with Crippen molar-refractivity contribution < 1.29 is 19.1 Å². The summed E-state index contributed by atoms with van der Waals surface area (Å²) in [7, 11) is 1.76. The summed E-state index contributed by atoms with van der Waals surface area (Å²) >= 11 is 0. The van der Waals surface area contributed by atoms with Crippen LogP contribution in [-0.4, -0.2) is 52.5 Å². The molecule has 0 unspecified atom stereocenters. The number of aryl methyl sites for hydroxylation is 1. The molecule has 3 heterocycles. The van der Waals surface area contributed by atoms with Crippen LogP contribution in [0.1, 0.15) is 30.6 Å². The Kier molecular flexibility index (Phi) is 4.75. The van der Waals surface area contributed by atoms with Crippen LogP contribution < -0.4 is 0 Å². The highest BCUT2D eigenvalue weighted by molar-refractivity contribution is 5.88. The van der Waals surface area contributed by atoms with Gasteiger partial charge in [0.1, 0.15) is 11.5 Å². The lowest BCUT2D eigenvalue weighted by molar-refractivity contribution is -0.146. The molecule has 2 aliphatic rings. The van der Waals surface area contributed by atoms with Crippen LogP contribution >= 0.6 is 0 Å². The predicted octanol–water partition coefficient (Wildman–Crippen LogP) is 3.15. The molecule has 2 aliphatic heterocycles. The van der Waals surface area contributed by atoms with Gasteiger partial charge in [0.25, 0.3) is 0 Å². The molecule has 0 aliphatic carbocycles. The zero-order valence-electron chi connectivity index (χ0n) is 16.4. The van der Waals surface area contributed by atoms with Crippen molar-refractivity contribution in [2.75, 3.05) is 20.1 Å². The van der Waals surface area contributed by atoms with Gasteiger partial charge < -0.3 is 14.4 Å². The van der Waals surface area contributed by atoms with Gasteiger partial charge in [-0.1, -0.05) is 18.2 Å². The Morgan fingerprint density at radius 1 is 1.25 bits per heavy atom. The summed E-state index contributed by atoms with van der Waals surface area (Å²) < 4.78 is 5.73. The van der Waals surface area contributed by atoms with Crippen LogP contribution in [-0.2, 0) is 16.1 Å². The topological polar surface area (TPSA) is 74.0 Å². The first-order valence-corrected chi connectivity index (χ1v) is 9.77. The monoisotopic (exact) mass is 382 g/mol. The number of amides is 1. The molecule has 6 heteroatoms. The normalized spacial score (nSPS) is 22.1. The van der Waals surface area contributed by atoms with Crippen LogP contribution in [0.25, 0.3) is 11.3 Å². The summed E-state index contributed by atoms with van der Waals surface area (Å²) in [6.45, 7) is 4.31. The lowest BCUT2D eigenvalue weighted by atomic mass is 9.77. The third-order valence-corrected chi connectivity index (χ3v) is 6.45. The lowest BCUT2D eigenvalue weighted by Crippen LogP contribution is -2.55. The van der Waals surface area contributed by atoms with Gasteiger partial charge in [-0.05, 0) is 43.5 Å². The molecule has 2 fully saturated rings. The average Bonchev–Trinajstić information content (AvgIpc) is 3.21. The maximum absolute atomic E-state index is 12.1. The summed E-state index contributed by atoms with van der Waals surface area (Å²) in [6.07, 6.45) is 1.52. The second kappa shape index (κ2) is 7.09. The Morgan fingerprint density at radius 2 is 2.00 bits per heavy atom. The van der Waals surface area contributed by atoms with E-state index in [2.05, 4.69) is 17.0 Å². The van der Waals surface area contributed by atoms with Gasteiger partial charge in [0.15, 0.2) is 0 Å². The van der Waals surface area contributed by atoms with E-state index >= 15 is 0 Å². The molecule has 148 valence electrons. The van der Waals surface area contributed by atoms with Crippen LogP contribution in [0.3, 0.4) is 0 Å². The SMILES string of the molecule is Cc1ccc(-c2cccc(CN3CCC4(CC3)[C@H](C(=O)O)CC(=O)N4C)c2)o1. The number of carboxylic acid groups (broad SMARTS) is 1. The van der Waals surface area contributed by atoms with Crippen molar-refractivity contribution in [3.63, 3.8) is 0 Å². The number of likely N-dealkylation sites (tertiary alicyclic amines) is 2. The number of furan rings is 1. The molecule has 28 heavy (non-hydrogen) atoms. The minimum absolute atomic E-state index is 0.0534. The standard InChI is InChI=1S/C22H26N2O4/c1-15-6-7-19(28-15)17-5-3-4-16(12-17)14-24-10-8-22(9-11-24)18(21(26)27)13-20(25)23(22)2/h3-7,12,18H,8-11,13-14H2,1-2H3,(H,26,27)/t18-/m0/s1. The minimum atomic E-state index is -0.854. The summed E-state index contributed by atoms with van der Waals surface area (Å²) in [5.41, 5.74) is 1.73. The van der Waals surface area contributed by atoms with E-state index in [1.165, 1.54) is 5.56 Å². The van der Waals surface area contributed by atoms with Crippen molar-refractivity contribution in [3.8, 4) is 11.3 Å². The van der Waals surface area contributed by atoms with Crippen LogP contribution in [0, 0.1) is 12.8 Å². The molecule has 1 aromatic carbocycles. The molecule has 0 bridgehead atoms. The Labute approximate surface area is 164 Å². The number of carboxylic acids is 1. The molecule has 1 atom stereocenters. The molecule has 6 nitrogen and oxygen atoms in total. The van der Waals surface area contributed by atoms with Crippen LogP contribution in [0.15, 0.2) is 40.8 Å². The minimum Gasteiger partial charge on any atom is -0.481 e. The molecule has 1 aromatic heterocycles. The maximum Gasteiger partial charge on any atom is 0.309 e. The van der Waals surface area contributed by atoms with Gasteiger partial charge in [0.2, 0.25) is 5.91 Å². The third kappa shape index (κ3) is 3.22. The zero-order chi connectivity index (χ0) is 19.9. The van der Waals surface area contributed by atoms with E-state index in [0.717, 1.165) is 36.7 Å². The van der Waals surface area contributed by atoms with E-state index in [1.807, 2.05) is 31.2 Å². The highest BCUT2D eigenvalue weighted by Crippen LogP contribution is 2.43. The summed E-state index contributed by atoms with van der Waals surface area (Å²) in [5, 5.41) is 9.61. The molecular formula is C22H26N2O4. The molecule has 4 rings (SSSR count). The van der Waals surface area contributed by atoms with E-state index in [9.17, 15) is 14.7 Å². The average molecular weight is 382 g/mol. The maximum atomic E-state index is 12.1. The molecule has 1 amide bonds. The van der Waals surface area contributed by atoms with Crippen molar-refractivity contribution in [1.29, 1.82) is 0 Å². The number of carbonyl (C=O) groups is 2. The number of aliphatic carboxylic acids is 1. The van der Waals surface area contributed by atoms with Crippen LogP contribution in [0.5, 0.6) is 0 Å². The van der Waals surface area contributed by atoms with Gasteiger partial charge in [-0.2, -0.15) is 0 Å². The van der Waals surface area contributed by atoms with Crippen molar-refractivity contribution in [2.45, 2.75) is 38.3 Å². The van der Waals surface area contributed by atoms with Crippen molar-refractivity contribution in [1.82, 2.24) is 9.80 Å². The molecular weight excluding hydrogens is 356 g/mol. The smallest absolute Gasteiger partial charge is 0.309 e. The second-order valence-electron chi connectivity index (χ2n) is 8.04. The first-order valence-electron chi connectivity index (χ1n) is 9.77. The summed E-state index contributed by atoms with van der Waals surface area (Å²) in [4.78, 5) is 27.9. The molecule has 1 spiro atoms. The number of piperidine rings is 1. The van der Waals surface area contributed by atoms with E-state index in [0.29, 0.717) is 12.8 Å².